The highest BCUT2D eigenvalue weighted by Gasteiger charge is 2.72. The lowest BCUT2D eigenvalue weighted by molar-refractivity contribution is -0.356. The molecule has 0 atom stereocenters. The molecule has 1 N–H and O–H groups in total. The van der Waals surface area contributed by atoms with Gasteiger partial charge >= 0.3 is 24.1 Å². The molecule has 42 heavy (non-hydrogen) atoms. The standard InChI is InChI=1S/C26H23F7N6O2S/c1-15(2)18-5-3-4-6-19(18)39-20(40)13-42-23(39)36-22(41)35-17-9-7-16(8-10-17)21-34-14-38(37-21)12-11-24(27,28)25(29,30)26(31,32)33/h3-10,14-15H,11-13H2,1-2H3,(H,35,41). The maximum atomic E-state index is 13.6. The second-order valence-electron chi connectivity index (χ2n) is 9.49. The largest absolute Gasteiger partial charge is 0.459 e. The molecule has 2 aromatic carbocycles. The number of nitrogens with zero attached hydrogens (tertiary/aromatic N) is 5. The minimum absolute atomic E-state index is 0.0145. The number of halogens is 7. The zero-order valence-electron chi connectivity index (χ0n) is 22.0. The molecule has 1 saturated heterocycles. The van der Waals surface area contributed by atoms with Crippen LogP contribution in [0, 0.1) is 0 Å². The van der Waals surface area contributed by atoms with Gasteiger partial charge in [0.1, 0.15) is 6.33 Å². The van der Waals surface area contributed by atoms with Crippen LogP contribution in [-0.4, -0.2) is 55.6 Å². The first-order valence-electron chi connectivity index (χ1n) is 12.4. The van der Waals surface area contributed by atoms with Crippen molar-refractivity contribution >= 4 is 40.2 Å². The number of amides is 3. The average molecular weight is 617 g/mol. The predicted octanol–water partition coefficient (Wildman–Crippen LogP) is 6.96. The Morgan fingerprint density at radius 1 is 1.05 bits per heavy atom. The van der Waals surface area contributed by atoms with Gasteiger partial charge in [-0.15, -0.1) is 0 Å². The normalized spacial score (nSPS) is 15.6. The fourth-order valence-corrected chi connectivity index (χ4v) is 4.81. The maximum absolute atomic E-state index is 13.6. The van der Waals surface area contributed by atoms with Crippen LogP contribution in [-0.2, 0) is 11.3 Å². The Kier molecular flexibility index (Phi) is 8.66. The van der Waals surface area contributed by atoms with Gasteiger partial charge in [-0.3, -0.25) is 14.4 Å². The van der Waals surface area contributed by atoms with E-state index in [-0.39, 0.29) is 28.6 Å². The molecule has 0 radical (unpaired) electrons. The number of carbonyl (C=O) groups is 2. The predicted molar refractivity (Wildman–Crippen MR) is 143 cm³/mol. The Bertz CT molecular complexity index is 1490. The Hall–Kier alpha value is -3.95. The number of rotatable bonds is 8. The van der Waals surface area contributed by atoms with Crippen molar-refractivity contribution in [2.45, 2.75) is 50.8 Å². The molecule has 0 aliphatic carbocycles. The maximum Gasteiger partial charge on any atom is 0.459 e. The van der Waals surface area contributed by atoms with Crippen LogP contribution in [0.1, 0.15) is 31.7 Å². The summed E-state index contributed by atoms with van der Waals surface area (Å²) in [5, 5.41) is 6.64. The number of hydrogen-bond donors (Lipinski definition) is 1. The first-order chi connectivity index (χ1) is 19.6. The Labute approximate surface area is 239 Å². The molecule has 3 aromatic rings. The number of aryl methyl sites for hydroxylation is 1. The van der Waals surface area contributed by atoms with Crippen molar-refractivity contribution in [3.8, 4) is 11.4 Å². The van der Waals surface area contributed by atoms with Crippen molar-refractivity contribution in [1.82, 2.24) is 14.8 Å². The van der Waals surface area contributed by atoms with Gasteiger partial charge in [-0.2, -0.15) is 40.8 Å². The molecular formula is C26H23F7N6O2S. The number of anilines is 2. The summed E-state index contributed by atoms with van der Waals surface area (Å²) in [4.78, 5) is 34.6. The molecule has 1 aliphatic heterocycles. The Balaban J connectivity index is 1.41. The number of thioether (sulfide) groups is 1. The summed E-state index contributed by atoms with van der Waals surface area (Å²) in [6.45, 7) is 3.02. The van der Waals surface area contributed by atoms with Gasteiger partial charge in [0.25, 0.3) is 0 Å². The molecule has 8 nitrogen and oxygen atoms in total. The molecule has 1 fully saturated rings. The van der Waals surface area contributed by atoms with E-state index in [2.05, 4.69) is 20.4 Å². The van der Waals surface area contributed by atoms with Crippen molar-refractivity contribution in [3.63, 3.8) is 0 Å². The SMILES string of the molecule is CC(C)c1ccccc1N1C(=O)CSC1=NC(=O)Nc1ccc(-c2ncn(CCC(F)(F)C(F)(F)C(F)(F)F)n2)cc1. The molecule has 1 aromatic heterocycles. The number of hydrogen-bond acceptors (Lipinski definition) is 5. The van der Waals surface area contributed by atoms with Gasteiger partial charge in [0.2, 0.25) is 5.91 Å². The first kappa shape index (κ1) is 31.0. The molecule has 4 rings (SSSR count). The molecule has 16 heteroatoms. The van der Waals surface area contributed by atoms with E-state index < -0.39 is 37.0 Å². The third-order valence-corrected chi connectivity index (χ3v) is 7.09. The van der Waals surface area contributed by atoms with Crippen LogP contribution >= 0.6 is 11.8 Å². The Morgan fingerprint density at radius 3 is 2.36 bits per heavy atom. The number of amidine groups is 1. The van der Waals surface area contributed by atoms with Gasteiger partial charge in [0.05, 0.1) is 11.4 Å². The zero-order valence-corrected chi connectivity index (χ0v) is 22.8. The van der Waals surface area contributed by atoms with E-state index in [1.165, 1.54) is 29.2 Å². The minimum atomic E-state index is -6.40. The number of benzene rings is 2. The van der Waals surface area contributed by atoms with Gasteiger partial charge in [-0.25, -0.2) is 9.78 Å². The molecule has 1 aliphatic rings. The highest BCUT2D eigenvalue weighted by molar-refractivity contribution is 8.15. The van der Waals surface area contributed by atoms with E-state index in [1.807, 2.05) is 26.0 Å². The van der Waals surface area contributed by atoms with Crippen molar-refractivity contribution in [2.24, 2.45) is 4.99 Å². The summed E-state index contributed by atoms with van der Waals surface area (Å²) >= 11 is 1.13. The van der Waals surface area contributed by atoms with Crippen LogP contribution in [0.2, 0.25) is 0 Å². The minimum Gasteiger partial charge on any atom is -0.306 e. The third-order valence-electron chi connectivity index (χ3n) is 6.16. The van der Waals surface area contributed by atoms with Crippen molar-refractivity contribution < 1.29 is 40.3 Å². The lowest BCUT2D eigenvalue weighted by atomic mass is 10.0. The van der Waals surface area contributed by atoms with Crippen LogP contribution in [0.4, 0.5) is 46.9 Å². The van der Waals surface area contributed by atoms with Crippen molar-refractivity contribution in [2.75, 3.05) is 16.0 Å². The fourth-order valence-electron chi connectivity index (χ4n) is 3.96. The molecule has 0 bridgehead atoms. The van der Waals surface area contributed by atoms with E-state index in [1.54, 1.807) is 12.1 Å². The summed E-state index contributed by atoms with van der Waals surface area (Å²) in [6.07, 6.45) is -7.30. The van der Waals surface area contributed by atoms with E-state index in [0.29, 0.717) is 16.9 Å². The molecular weight excluding hydrogens is 593 g/mol. The highest BCUT2D eigenvalue weighted by Crippen LogP contribution is 2.48. The van der Waals surface area contributed by atoms with Crippen LogP contribution in [0.25, 0.3) is 11.4 Å². The highest BCUT2D eigenvalue weighted by atomic mass is 32.2. The van der Waals surface area contributed by atoms with E-state index >= 15 is 0 Å². The summed E-state index contributed by atoms with van der Waals surface area (Å²) in [7, 11) is 0. The summed E-state index contributed by atoms with van der Waals surface area (Å²) < 4.78 is 91.0. The number of para-hydroxylation sites is 1. The van der Waals surface area contributed by atoms with Crippen molar-refractivity contribution in [3.05, 3.63) is 60.4 Å². The lowest BCUT2D eigenvalue weighted by Crippen LogP contribution is -2.52. The number of carbonyl (C=O) groups excluding carboxylic acids is 2. The average Bonchev–Trinajstić information content (AvgIpc) is 3.53. The molecule has 3 amide bonds. The first-order valence-corrected chi connectivity index (χ1v) is 13.4. The monoisotopic (exact) mass is 616 g/mol. The van der Waals surface area contributed by atoms with Crippen molar-refractivity contribution in [1.29, 1.82) is 0 Å². The molecule has 2 heterocycles. The molecule has 0 saturated carbocycles. The summed E-state index contributed by atoms with van der Waals surface area (Å²) in [6, 6.07) is 12.4. The van der Waals surface area contributed by atoms with Gasteiger partial charge < -0.3 is 5.32 Å². The van der Waals surface area contributed by atoms with Gasteiger partial charge in [0, 0.05) is 24.2 Å². The van der Waals surface area contributed by atoms with E-state index in [0.717, 1.165) is 28.3 Å². The number of nitrogens with one attached hydrogen (secondary N) is 1. The zero-order chi connectivity index (χ0) is 30.9. The van der Waals surface area contributed by atoms with Gasteiger partial charge in [-0.1, -0.05) is 43.8 Å². The quantitative estimate of drug-likeness (QED) is 0.277. The van der Waals surface area contributed by atoms with E-state index in [9.17, 15) is 40.3 Å². The second kappa shape index (κ2) is 11.7. The number of aliphatic imine (C=N–C) groups is 1. The van der Waals surface area contributed by atoms with Gasteiger partial charge in [-0.05, 0) is 41.8 Å². The second-order valence-corrected chi connectivity index (χ2v) is 10.4. The third kappa shape index (κ3) is 6.42. The van der Waals surface area contributed by atoms with Gasteiger partial charge in [0.15, 0.2) is 11.0 Å². The van der Waals surface area contributed by atoms with Crippen LogP contribution < -0.4 is 10.2 Å². The lowest BCUT2D eigenvalue weighted by Gasteiger charge is -2.27. The number of aromatic nitrogens is 3. The summed E-state index contributed by atoms with van der Waals surface area (Å²) in [5.41, 5.74) is 2.22. The van der Waals surface area contributed by atoms with Crippen LogP contribution in [0.5, 0.6) is 0 Å². The van der Waals surface area contributed by atoms with Crippen LogP contribution in [0.3, 0.4) is 0 Å². The van der Waals surface area contributed by atoms with E-state index in [4.69, 9.17) is 0 Å². The number of urea groups is 1. The smallest absolute Gasteiger partial charge is 0.306 e. The summed E-state index contributed by atoms with van der Waals surface area (Å²) in [5.74, 6) is -11.5. The molecule has 224 valence electrons. The molecule has 0 spiro atoms. The Morgan fingerprint density at radius 2 is 1.71 bits per heavy atom. The molecule has 0 unspecified atom stereocenters. The fraction of sp³-hybridized carbons (Fsp3) is 0.346. The topological polar surface area (TPSA) is 92.5 Å². The number of alkyl halides is 7. The van der Waals surface area contributed by atoms with Crippen LogP contribution in [0.15, 0.2) is 59.9 Å².